The summed E-state index contributed by atoms with van der Waals surface area (Å²) in [4.78, 5) is 2.10. The van der Waals surface area contributed by atoms with Crippen molar-refractivity contribution in [2.45, 2.75) is 38.0 Å². The Morgan fingerprint density at radius 3 is 2.64 bits per heavy atom. The molecule has 3 rings (SSSR count). The van der Waals surface area contributed by atoms with E-state index in [0.29, 0.717) is 13.0 Å². The van der Waals surface area contributed by atoms with Gasteiger partial charge in [-0.2, -0.15) is 0 Å². The highest BCUT2D eigenvalue weighted by Gasteiger charge is 2.42. The zero-order valence-electron chi connectivity index (χ0n) is 15.2. The summed E-state index contributed by atoms with van der Waals surface area (Å²) in [5.74, 6) is 0.785. The quantitative estimate of drug-likeness (QED) is 0.717. The summed E-state index contributed by atoms with van der Waals surface area (Å²) in [5, 5.41) is 0. The van der Waals surface area contributed by atoms with Gasteiger partial charge in [0.05, 0.1) is 0 Å². The lowest BCUT2D eigenvalue weighted by Gasteiger charge is -2.39. The number of nitrogens with zero attached hydrogens (tertiary/aromatic N) is 1. The second-order valence-electron chi connectivity index (χ2n) is 7.37. The van der Waals surface area contributed by atoms with Crippen LogP contribution in [0.4, 0.5) is 4.39 Å². The summed E-state index contributed by atoms with van der Waals surface area (Å²) in [6.07, 6.45) is 3.63. The van der Waals surface area contributed by atoms with Gasteiger partial charge in [0, 0.05) is 12.5 Å². The molecule has 3 heteroatoms. The van der Waals surface area contributed by atoms with Gasteiger partial charge in [0.2, 0.25) is 0 Å². The summed E-state index contributed by atoms with van der Waals surface area (Å²) in [6.45, 7) is 1.29. The van der Waals surface area contributed by atoms with Crippen LogP contribution in [0.5, 0.6) is 5.75 Å². The van der Waals surface area contributed by atoms with Crippen LogP contribution in [0.2, 0.25) is 0 Å². The first kappa shape index (κ1) is 17.9. The second-order valence-corrected chi connectivity index (χ2v) is 7.37. The predicted molar refractivity (Wildman–Crippen MR) is 101 cm³/mol. The summed E-state index contributed by atoms with van der Waals surface area (Å²) in [6, 6.07) is 17.7. The molecule has 134 valence electrons. The maximum atomic E-state index is 16.0. The SMILES string of the molecule is CN(C)CC1CCCCC1(F)c1cccc(OCc2ccccc2)c1. The molecule has 2 aromatic carbocycles. The molecule has 0 bridgehead atoms. The van der Waals surface area contributed by atoms with Crippen molar-refractivity contribution in [2.24, 2.45) is 5.92 Å². The molecule has 1 aliphatic rings. The molecule has 0 N–H and O–H groups in total. The Hall–Kier alpha value is -1.87. The minimum absolute atomic E-state index is 0.0422. The average molecular weight is 341 g/mol. The Bertz CT molecular complexity index is 673. The van der Waals surface area contributed by atoms with E-state index in [2.05, 4.69) is 4.90 Å². The minimum atomic E-state index is -1.26. The minimum Gasteiger partial charge on any atom is -0.489 e. The van der Waals surface area contributed by atoms with Crippen molar-refractivity contribution in [3.05, 3.63) is 65.7 Å². The van der Waals surface area contributed by atoms with Crippen molar-refractivity contribution in [1.29, 1.82) is 0 Å². The summed E-state index contributed by atoms with van der Waals surface area (Å²) >= 11 is 0. The fourth-order valence-electron chi connectivity index (χ4n) is 3.85. The zero-order valence-corrected chi connectivity index (χ0v) is 15.2. The van der Waals surface area contributed by atoms with Crippen LogP contribution in [0.15, 0.2) is 54.6 Å². The number of rotatable bonds is 6. The third kappa shape index (κ3) is 4.40. The van der Waals surface area contributed by atoms with Crippen molar-refractivity contribution >= 4 is 0 Å². The molecule has 0 saturated heterocycles. The standard InChI is InChI=1S/C22H28FNO/c1-24(2)16-20-11-6-7-14-22(20,23)19-12-8-13-21(15-19)25-17-18-9-4-3-5-10-18/h3-5,8-10,12-13,15,20H,6-7,11,14,16-17H2,1-2H3. The lowest BCUT2D eigenvalue weighted by atomic mass is 9.72. The van der Waals surface area contributed by atoms with Gasteiger partial charge < -0.3 is 9.64 Å². The fourth-order valence-corrected chi connectivity index (χ4v) is 3.85. The average Bonchev–Trinajstić information content (AvgIpc) is 2.63. The summed E-state index contributed by atoms with van der Waals surface area (Å²) < 4.78 is 21.9. The third-order valence-corrected chi connectivity index (χ3v) is 5.14. The first-order valence-corrected chi connectivity index (χ1v) is 9.19. The molecule has 2 atom stereocenters. The maximum absolute atomic E-state index is 16.0. The lowest BCUT2D eigenvalue weighted by molar-refractivity contribution is 0.0199. The number of hydrogen-bond acceptors (Lipinski definition) is 2. The Labute approximate surface area is 150 Å². The molecule has 1 saturated carbocycles. The monoisotopic (exact) mass is 341 g/mol. The third-order valence-electron chi connectivity index (χ3n) is 5.14. The van der Waals surface area contributed by atoms with Gasteiger partial charge in [-0.05, 0) is 56.6 Å². The van der Waals surface area contributed by atoms with Crippen molar-refractivity contribution < 1.29 is 9.13 Å². The Morgan fingerprint density at radius 2 is 1.88 bits per heavy atom. The number of ether oxygens (including phenoxy) is 1. The number of alkyl halides is 1. The highest BCUT2D eigenvalue weighted by atomic mass is 19.1. The molecule has 0 spiro atoms. The van der Waals surface area contributed by atoms with Crippen LogP contribution in [0.1, 0.15) is 36.8 Å². The highest BCUT2D eigenvalue weighted by Crippen LogP contribution is 2.46. The predicted octanol–water partition coefficient (Wildman–Crippen LogP) is 5.18. The largest absolute Gasteiger partial charge is 0.489 e. The van der Waals surface area contributed by atoms with E-state index in [1.807, 2.05) is 68.7 Å². The van der Waals surface area contributed by atoms with Gasteiger partial charge in [-0.1, -0.05) is 48.9 Å². The summed E-state index contributed by atoms with van der Waals surface area (Å²) in [7, 11) is 4.04. The van der Waals surface area contributed by atoms with Crippen LogP contribution in [0.25, 0.3) is 0 Å². The fraction of sp³-hybridized carbons (Fsp3) is 0.455. The number of hydrogen-bond donors (Lipinski definition) is 0. The smallest absolute Gasteiger partial charge is 0.140 e. The first-order valence-electron chi connectivity index (χ1n) is 9.19. The first-order chi connectivity index (χ1) is 12.1. The van der Waals surface area contributed by atoms with Gasteiger partial charge in [-0.3, -0.25) is 0 Å². The Balaban J connectivity index is 1.76. The van der Waals surface area contributed by atoms with Gasteiger partial charge in [0.1, 0.15) is 18.0 Å². The highest BCUT2D eigenvalue weighted by molar-refractivity contribution is 5.34. The van der Waals surface area contributed by atoms with E-state index in [9.17, 15) is 0 Å². The molecule has 0 aromatic heterocycles. The molecule has 0 aliphatic heterocycles. The van der Waals surface area contributed by atoms with E-state index in [1.54, 1.807) is 0 Å². The molecule has 0 amide bonds. The number of halogens is 1. The van der Waals surface area contributed by atoms with Crippen molar-refractivity contribution in [3.8, 4) is 5.75 Å². The molecule has 0 heterocycles. The van der Waals surface area contributed by atoms with E-state index in [0.717, 1.165) is 42.7 Å². The normalized spacial score (nSPS) is 23.6. The molecule has 2 unspecified atom stereocenters. The molecule has 0 radical (unpaired) electrons. The van der Waals surface area contributed by atoms with E-state index in [-0.39, 0.29) is 5.92 Å². The van der Waals surface area contributed by atoms with Crippen molar-refractivity contribution in [2.75, 3.05) is 20.6 Å². The molecule has 1 fully saturated rings. The van der Waals surface area contributed by atoms with Crippen LogP contribution >= 0.6 is 0 Å². The van der Waals surface area contributed by atoms with E-state index in [4.69, 9.17) is 4.74 Å². The van der Waals surface area contributed by atoms with Gasteiger partial charge in [0.15, 0.2) is 0 Å². The molecule has 2 aromatic rings. The summed E-state index contributed by atoms with van der Waals surface area (Å²) in [5.41, 5.74) is 0.630. The van der Waals surface area contributed by atoms with Gasteiger partial charge >= 0.3 is 0 Å². The van der Waals surface area contributed by atoms with Crippen molar-refractivity contribution in [1.82, 2.24) is 4.90 Å². The topological polar surface area (TPSA) is 12.5 Å². The Morgan fingerprint density at radius 1 is 1.08 bits per heavy atom. The molecular weight excluding hydrogens is 313 g/mol. The van der Waals surface area contributed by atoms with E-state index >= 15 is 4.39 Å². The molecular formula is C22H28FNO. The van der Waals surface area contributed by atoms with Crippen LogP contribution in [-0.2, 0) is 12.3 Å². The molecule has 2 nitrogen and oxygen atoms in total. The molecule has 25 heavy (non-hydrogen) atoms. The van der Waals surface area contributed by atoms with E-state index in [1.165, 1.54) is 0 Å². The van der Waals surface area contributed by atoms with Gasteiger partial charge in [0.25, 0.3) is 0 Å². The second kappa shape index (κ2) is 8.01. The molecule has 1 aliphatic carbocycles. The van der Waals surface area contributed by atoms with Gasteiger partial charge in [-0.25, -0.2) is 4.39 Å². The van der Waals surface area contributed by atoms with Gasteiger partial charge in [-0.15, -0.1) is 0 Å². The number of benzene rings is 2. The van der Waals surface area contributed by atoms with Crippen LogP contribution < -0.4 is 4.74 Å². The van der Waals surface area contributed by atoms with Crippen LogP contribution in [0.3, 0.4) is 0 Å². The lowest BCUT2D eigenvalue weighted by Crippen LogP contribution is -2.39. The van der Waals surface area contributed by atoms with Crippen LogP contribution in [0, 0.1) is 5.92 Å². The van der Waals surface area contributed by atoms with Crippen molar-refractivity contribution in [3.63, 3.8) is 0 Å². The maximum Gasteiger partial charge on any atom is 0.140 e. The van der Waals surface area contributed by atoms with E-state index < -0.39 is 5.67 Å². The Kier molecular flexibility index (Phi) is 5.74. The zero-order chi connectivity index (χ0) is 17.7. The van der Waals surface area contributed by atoms with Crippen LogP contribution in [-0.4, -0.2) is 25.5 Å².